The van der Waals surface area contributed by atoms with Crippen LogP contribution in [0.3, 0.4) is 0 Å². The van der Waals surface area contributed by atoms with E-state index < -0.39 is 0 Å². The summed E-state index contributed by atoms with van der Waals surface area (Å²) in [6.07, 6.45) is 7.14. The molecule has 1 saturated heterocycles. The molecular formula is C12H25NO. The van der Waals surface area contributed by atoms with Crippen LogP contribution >= 0.6 is 0 Å². The van der Waals surface area contributed by atoms with Crippen molar-refractivity contribution < 1.29 is 4.74 Å². The molecule has 0 aromatic heterocycles. The van der Waals surface area contributed by atoms with Crippen molar-refractivity contribution >= 4 is 0 Å². The second-order valence-corrected chi connectivity index (χ2v) is 4.29. The summed E-state index contributed by atoms with van der Waals surface area (Å²) in [5, 5.41) is 0. The lowest BCUT2D eigenvalue weighted by molar-refractivity contribution is 0.249. The minimum absolute atomic E-state index is 0.598. The Morgan fingerprint density at radius 2 is 1.64 bits per heavy atom. The van der Waals surface area contributed by atoms with Gasteiger partial charge in [0.25, 0.3) is 0 Å². The number of hydrogen-bond donors (Lipinski definition) is 0. The zero-order valence-corrected chi connectivity index (χ0v) is 9.80. The Labute approximate surface area is 88.6 Å². The molecule has 14 heavy (non-hydrogen) atoms. The van der Waals surface area contributed by atoms with E-state index in [2.05, 4.69) is 18.7 Å². The van der Waals surface area contributed by atoms with Crippen LogP contribution in [0.5, 0.6) is 0 Å². The van der Waals surface area contributed by atoms with E-state index in [1.807, 2.05) is 0 Å². The quantitative estimate of drug-likeness (QED) is 0.531. The molecule has 0 aromatic rings. The Hall–Kier alpha value is -0.0800. The van der Waals surface area contributed by atoms with Gasteiger partial charge in [-0.2, -0.15) is 0 Å². The molecule has 0 saturated carbocycles. The molecule has 0 aromatic carbocycles. The van der Waals surface area contributed by atoms with Gasteiger partial charge in [0, 0.05) is 6.54 Å². The van der Waals surface area contributed by atoms with Gasteiger partial charge in [0.15, 0.2) is 0 Å². The largest absolute Gasteiger partial charge is 0.373 e. The minimum Gasteiger partial charge on any atom is -0.373 e. The van der Waals surface area contributed by atoms with Gasteiger partial charge < -0.3 is 9.64 Å². The van der Waals surface area contributed by atoms with Gasteiger partial charge in [-0.15, -0.1) is 0 Å². The average molecular weight is 199 g/mol. The molecule has 2 heteroatoms. The standard InChI is InChI=1S/C12H25NO/c1-3-5-8-13(9-6-4-2)10-7-12-11-14-12/h12H,3-11H2,1-2H3. The normalized spacial score (nSPS) is 20.4. The van der Waals surface area contributed by atoms with Crippen molar-refractivity contribution in [1.82, 2.24) is 4.90 Å². The van der Waals surface area contributed by atoms with Crippen LogP contribution in [-0.2, 0) is 4.74 Å². The van der Waals surface area contributed by atoms with Crippen molar-refractivity contribution in [3.05, 3.63) is 0 Å². The molecule has 1 atom stereocenters. The van der Waals surface area contributed by atoms with Crippen LogP contribution < -0.4 is 0 Å². The topological polar surface area (TPSA) is 15.8 Å². The third kappa shape index (κ3) is 5.61. The number of nitrogens with zero attached hydrogens (tertiary/aromatic N) is 1. The number of rotatable bonds is 9. The van der Waals surface area contributed by atoms with Gasteiger partial charge in [-0.05, 0) is 32.4 Å². The predicted molar refractivity (Wildman–Crippen MR) is 60.6 cm³/mol. The second-order valence-electron chi connectivity index (χ2n) is 4.29. The molecule has 0 radical (unpaired) electrons. The van der Waals surface area contributed by atoms with Crippen molar-refractivity contribution in [2.24, 2.45) is 0 Å². The molecule has 0 bridgehead atoms. The van der Waals surface area contributed by atoms with Crippen molar-refractivity contribution in [1.29, 1.82) is 0 Å². The first kappa shape index (κ1) is 12.0. The summed E-state index contributed by atoms with van der Waals surface area (Å²) in [7, 11) is 0. The number of hydrogen-bond acceptors (Lipinski definition) is 2. The fourth-order valence-electron chi connectivity index (χ4n) is 1.66. The Bertz CT molecular complexity index is 126. The summed E-state index contributed by atoms with van der Waals surface area (Å²) in [5.74, 6) is 0. The summed E-state index contributed by atoms with van der Waals surface area (Å²) >= 11 is 0. The molecular weight excluding hydrogens is 174 g/mol. The second kappa shape index (κ2) is 7.24. The number of ether oxygens (including phenoxy) is 1. The van der Waals surface area contributed by atoms with E-state index in [-0.39, 0.29) is 0 Å². The van der Waals surface area contributed by atoms with Gasteiger partial charge in [0.2, 0.25) is 0 Å². The molecule has 0 N–H and O–H groups in total. The van der Waals surface area contributed by atoms with E-state index in [9.17, 15) is 0 Å². The van der Waals surface area contributed by atoms with Gasteiger partial charge in [0.05, 0.1) is 12.7 Å². The Balaban J connectivity index is 2.05. The zero-order chi connectivity index (χ0) is 10.2. The highest BCUT2D eigenvalue weighted by Crippen LogP contribution is 2.14. The summed E-state index contributed by atoms with van der Waals surface area (Å²) in [4.78, 5) is 2.61. The summed E-state index contributed by atoms with van der Waals surface area (Å²) in [5.41, 5.74) is 0. The minimum atomic E-state index is 0.598. The van der Waals surface area contributed by atoms with Crippen LogP contribution in [-0.4, -0.2) is 37.2 Å². The molecule has 2 nitrogen and oxygen atoms in total. The SMILES string of the molecule is CCCCN(CCCC)CCC1CO1. The first-order chi connectivity index (χ1) is 6.86. The first-order valence-electron chi connectivity index (χ1n) is 6.20. The smallest absolute Gasteiger partial charge is 0.0822 e. The van der Waals surface area contributed by atoms with E-state index >= 15 is 0 Å². The average Bonchev–Trinajstić information content (AvgIpc) is 3.00. The summed E-state index contributed by atoms with van der Waals surface area (Å²) in [6, 6.07) is 0. The Morgan fingerprint density at radius 1 is 1.07 bits per heavy atom. The fourth-order valence-corrected chi connectivity index (χ4v) is 1.66. The maximum atomic E-state index is 5.24. The van der Waals surface area contributed by atoms with Crippen LogP contribution in [0.1, 0.15) is 46.0 Å². The van der Waals surface area contributed by atoms with E-state index in [0.29, 0.717) is 6.10 Å². The molecule has 0 amide bonds. The van der Waals surface area contributed by atoms with Gasteiger partial charge in [-0.25, -0.2) is 0 Å². The van der Waals surface area contributed by atoms with Crippen LogP contribution in [0.4, 0.5) is 0 Å². The van der Waals surface area contributed by atoms with Crippen LogP contribution in [0.25, 0.3) is 0 Å². The lowest BCUT2D eigenvalue weighted by atomic mass is 10.2. The van der Waals surface area contributed by atoms with E-state index in [1.165, 1.54) is 51.7 Å². The summed E-state index contributed by atoms with van der Waals surface area (Å²) < 4.78 is 5.24. The van der Waals surface area contributed by atoms with Crippen molar-refractivity contribution in [2.75, 3.05) is 26.2 Å². The number of epoxide rings is 1. The lowest BCUT2D eigenvalue weighted by Crippen LogP contribution is -2.28. The van der Waals surface area contributed by atoms with Gasteiger partial charge in [-0.3, -0.25) is 0 Å². The van der Waals surface area contributed by atoms with Gasteiger partial charge in [0.1, 0.15) is 0 Å². The van der Waals surface area contributed by atoms with E-state index in [4.69, 9.17) is 4.74 Å². The highest BCUT2D eigenvalue weighted by atomic mass is 16.6. The maximum absolute atomic E-state index is 5.24. The third-order valence-electron chi connectivity index (χ3n) is 2.83. The molecule has 0 spiro atoms. The lowest BCUT2D eigenvalue weighted by Gasteiger charge is -2.21. The van der Waals surface area contributed by atoms with Crippen LogP contribution in [0, 0.1) is 0 Å². The molecule has 0 aliphatic carbocycles. The Morgan fingerprint density at radius 3 is 2.07 bits per heavy atom. The molecule has 1 aliphatic rings. The third-order valence-corrected chi connectivity index (χ3v) is 2.83. The fraction of sp³-hybridized carbons (Fsp3) is 1.00. The molecule has 1 unspecified atom stereocenters. The molecule has 1 fully saturated rings. The molecule has 1 aliphatic heterocycles. The first-order valence-corrected chi connectivity index (χ1v) is 6.20. The molecule has 84 valence electrons. The maximum Gasteiger partial charge on any atom is 0.0822 e. The van der Waals surface area contributed by atoms with Crippen LogP contribution in [0.2, 0.25) is 0 Å². The highest BCUT2D eigenvalue weighted by Gasteiger charge is 2.22. The zero-order valence-electron chi connectivity index (χ0n) is 9.80. The molecule has 1 heterocycles. The number of unbranched alkanes of at least 4 members (excludes halogenated alkanes) is 2. The molecule has 1 rings (SSSR count). The Kier molecular flexibility index (Phi) is 6.20. The predicted octanol–water partition coefficient (Wildman–Crippen LogP) is 2.68. The highest BCUT2D eigenvalue weighted by molar-refractivity contribution is 4.71. The monoisotopic (exact) mass is 199 g/mol. The van der Waals surface area contributed by atoms with E-state index in [1.54, 1.807) is 0 Å². The van der Waals surface area contributed by atoms with E-state index in [0.717, 1.165) is 6.61 Å². The van der Waals surface area contributed by atoms with Crippen LogP contribution in [0.15, 0.2) is 0 Å². The van der Waals surface area contributed by atoms with Crippen molar-refractivity contribution in [2.45, 2.75) is 52.1 Å². The van der Waals surface area contributed by atoms with Crippen molar-refractivity contribution in [3.63, 3.8) is 0 Å². The van der Waals surface area contributed by atoms with Gasteiger partial charge >= 0.3 is 0 Å². The van der Waals surface area contributed by atoms with Crippen molar-refractivity contribution in [3.8, 4) is 0 Å². The summed E-state index contributed by atoms with van der Waals surface area (Å²) in [6.45, 7) is 9.34. The van der Waals surface area contributed by atoms with Gasteiger partial charge in [-0.1, -0.05) is 26.7 Å².